The number of carboxylic acid groups (broad SMARTS) is 1. The van der Waals surface area contributed by atoms with E-state index in [1.165, 1.54) is 12.8 Å². The zero-order chi connectivity index (χ0) is 10.1. The first-order chi connectivity index (χ1) is 6.70. The molecule has 2 aliphatic rings. The molecule has 1 N–H and O–H groups in total. The van der Waals surface area contributed by atoms with Gasteiger partial charge in [0.25, 0.3) is 0 Å². The number of hydrogen-bond donors (Lipinski definition) is 1. The summed E-state index contributed by atoms with van der Waals surface area (Å²) in [6, 6.07) is 0.326. The summed E-state index contributed by atoms with van der Waals surface area (Å²) in [5.74, 6) is -1.89. The molecule has 2 fully saturated rings. The topological polar surface area (TPSA) is 57.6 Å². The highest BCUT2D eigenvalue weighted by Gasteiger charge is 2.40. The van der Waals surface area contributed by atoms with Crippen molar-refractivity contribution >= 4 is 11.9 Å². The lowest BCUT2D eigenvalue weighted by Gasteiger charge is -2.23. The third-order valence-electron chi connectivity index (χ3n) is 3.30. The van der Waals surface area contributed by atoms with E-state index in [2.05, 4.69) is 0 Å². The van der Waals surface area contributed by atoms with Gasteiger partial charge in [-0.05, 0) is 19.3 Å². The van der Waals surface area contributed by atoms with E-state index in [1.807, 2.05) is 0 Å². The molecule has 1 amide bonds. The van der Waals surface area contributed by atoms with Gasteiger partial charge in [0.2, 0.25) is 5.91 Å². The van der Waals surface area contributed by atoms with Crippen LogP contribution in [0.25, 0.3) is 0 Å². The summed E-state index contributed by atoms with van der Waals surface area (Å²) in [6.45, 7) is 0.639. The van der Waals surface area contributed by atoms with Gasteiger partial charge in [-0.3, -0.25) is 9.59 Å². The lowest BCUT2D eigenvalue weighted by molar-refractivity contribution is -0.148. The second-order valence-electron chi connectivity index (χ2n) is 4.15. The number of hydrogen-bond acceptors (Lipinski definition) is 2. The van der Waals surface area contributed by atoms with Crippen LogP contribution in [0.4, 0.5) is 0 Å². The molecule has 0 bridgehead atoms. The Morgan fingerprint density at radius 3 is 2.43 bits per heavy atom. The number of likely N-dealkylation sites (tertiary alicyclic amines) is 1. The van der Waals surface area contributed by atoms with Gasteiger partial charge in [-0.2, -0.15) is 0 Å². The number of carbonyl (C=O) groups is 2. The van der Waals surface area contributed by atoms with Gasteiger partial charge >= 0.3 is 5.97 Å². The van der Waals surface area contributed by atoms with Crippen molar-refractivity contribution in [1.82, 2.24) is 4.90 Å². The minimum Gasteiger partial charge on any atom is -0.481 e. The first-order valence-corrected chi connectivity index (χ1v) is 5.23. The van der Waals surface area contributed by atoms with Crippen molar-refractivity contribution in [2.45, 2.75) is 38.1 Å². The van der Waals surface area contributed by atoms with Crippen LogP contribution in [0.5, 0.6) is 0 Å². The summed E-state index contributed by atoms with van der Waals surface area (Å²) in [4.78, 5) is 24.2. The van der Waals surface area contributed by atoms with Crippen LogP contribution in [0.3, 0.4) is 0 Å². The molecule has 0 aromatic carbocycles. The highest BCUT2D eigenvalue weighted by atomic mass is 16.4. The highest BCUT2D eigenvalue weighted by Crippen LogP contribution is 2.29. The molecule has 1 aliphatic heterocycles. The molecule has 4 heteroatoms. The van der Waals surface area contributed by atoms with Gasteiger partial charge in [0.1, 0.15) is 5.92 Å². The van der Waals surface area contributed by atoms with Gasteiger partial charge in [-0.25, -0.2) is 0 Å². The quantitative estimate of drug-likeness (QED) is 0.668. The van der Waals surface area contributed by atoms with Gasteiger partial charge in [0.05, 0.1) is 0 Å². The van der Waals surface area contributed by atoms with E-state index in [0.717, 1.165) is 12.8 Å². The molecular formula is C10H15NO3. The van der Waals surface area contributed by atoms with Crippen molar-refractivity contribution < 1.29 is 14.7 Å². The second-order valence-corrected chi connectivity index (χ2v) is 4.15. The van der Waals surface area contributed by atoms with Gasteiger partial charge in [0.15, 0.2) is 0 Å². The Labute approximate surface area is 82.9 Å². The number of carboxylic acids is 1. The van der Waals surface area contributed by atoms with Crippen molar-refractivity contribution in [2.24, 2.45) is 5.92 Å². The second kappa shape index (κ2) is 3.59. The SMILES string of the molecule is O=C(O)C1CCN(C2CCCC2)C1=O. The fourth-order valence-corrected chi connectivity index (χ4v) is 2.51. The predicted octanol–water partition coefficient (Wildman–Crippen LogP) is 0.862. The molecule has 0 radical (unpaired) electrons. The molecule has 1 unspecified atom stereocenters. The monoisotopic (exact) mass is 197 g/mol. The molecule has 78 valence electrons. The third kappa shape index (κ3) is 1.49. The lowest BCUT2D eigenvalue weighted by atomic mass is 10.1. The Morgan fingerprint density at radius 2 is 1.93 bits per heavy atom. The smallest absolute Gasteiger partial charge is 0.316 e. The van der Waals surface area contributed by atoms with Gasteiger partial charge < -0.3 is 10.0 Å². The van der Waals surface area contributed by atoms with E-state index in [-0.39, 0.29) is 5.91 Å². The largest absolute Gasteiger partial charge is 0.481 e. The minimum atomic E-state index is -0.963. The molecule has 14 heavy (non-hydrogen) atoms. The maximum atomic E-state index is 11.7. The molecule has 1 saturated carbocycles. The summed E-state index contributed by atoms with van der Waals surface area (Å²) in [7, 11) is 0. The Morgan fingerprint density at radius 1 is 1.29 bits per heavy atom. The number of nitrogens with zero attached hydrogens (tertiary/aromatic N) is 1. The summed E-state index contributed by atoms with van der Waals surface area (Å²) < 4.78 is 0. The third-order valence-corrected chi connectivity index (χ3v) is 3.30. The molecule has 0 spiro atoms. The predicted molar refractivity (Wildman–Crippen MR) is 49.7 cm³/mol. The molecule has 4 nitrogen and oxygen atoms in total. The van der Waals surface area contributed by atoms with Crippen LogP contribution in [-0.2, 0) is 9.59 Å². The number of amides is 1. The first-order valence-electron chi connectivity index (χ1n) is 5.23. The first kappa shape index (κ1) is 9.49. The zero-order valence-corrected chi connectivity index (χ0v) is 8.11. The van der Waals surface area contributed by atoms with Crippen LogP contribution >= 0.6 is 0 Å². The van der Waals surface area contributed by atoms with Crippen molar-refractivity contribution in [3.05, 3.63) is 0 Å². The number of carbonyl (C=O) groups excluding carboxylic acids is 1. The maximum Gasteiger partial charge on any atom is 0.316 e. The Kier molecular flexibility index (Phi) is 2.44. The van der Waals surface area contributed by atoms with Crippen molar-refractivity contribution in [3.8, 4) is 0 Å². The van der Waals surface area contributed by atoms with Crippen LogP contribution in [0.15, 0.2) is 0 Å². The summed E-state index contributed by atoms with van der Waals surface area (Å²) >= 11 is 0. The molecule has 0 aromatic rings. The van der Waals surface area contributed by atoms with Gasteiger partial charge in [-0.15, -0.1) is 0 Å². The van der Waals surface area contributed by atoms with Crippen molar-refractivity contribution in [2.75, 3.05) is 6.54 Å². The van der Waals surface area contributed by atoms with Gasteiger partial charge in [0, 0.05) is 12.6 Å². The summed E-state index contributed by atoms with van der Waals surface area (Å²) in [6.07, 6.45) is 4.94. The molecule has 1 atom stereocenters. The molecule has 1 saturated heterocycles. The molecule has 2 rings (SSSR count). The van der Waals surface area contributed by atoms with Crippen LogP contribution < -0.4 is 0 Å². The van der Waals surface area contributed by atoms with E-state index in [1.54, 1.807) is 4.90 Å². The average Bonchev–Trinajstić information content (AvgIpc) is 2.71. The molecule has 1 aliphatic carbocycles. The van der Waals surface area contributed by atoms with Crippen LogP contribution in [0, 0.1) is 5.92 Å². The number of aliphatic carboxylic acids is 1. The van der Waals surface area contributed by atoms with E-state index in [4.69, 9.17) is 5.11 Å². The fourth-order valence-electron chi connectivity index (χ4n) is 2.51. The van der Waals surface area contributed by atoms with E-state index < -0.39 is 11.9 Å². The van der Waals surface area contributed by atoms with Crippen molar-refractivity contribution in [3.63, 3.8) is 0 Å². The lowest BCUT2D eigenvalue weighted by Crippen LogP contribution is -2.37. The van der Waals surface area contributed by atoms with Crippen LogP contribution in [0.2, 0.25) is 0 Å². The van der Waals surface area contributed by atoms with Crippen molar-refractivity contribution in [1.29, 1.82) is 0 Å². The Balaban J connectivity index is 2.02. The Hall–Kier alpha value is -1.06. The van der Waals surface area contributed by atoms with E-state index in [9.17, 15) is 9.59 Å². The van der Waals surface area contributed by atoms with Gasteiger partial charge in [-0.1, -0.05) is 12.8 Å². The van der Waals surface area contributed by atoms with Crippen LogP contribution in [-0.4, -0.2) is 34.5 Å². The summed E-state index contributed by atoms with van der Waals surface area (Å²) in [5.41, 5.74) is 0. The molecular weight excluding hydrogens is 182 g/mol. The normalized spacial score (nSPS) is 28.7. The van der Waals surface area contributed by atoms with E-state index in [0.29, 0.717) is 19.0 Å². The Bertz CT molecular complexity index is 258. The molecule has 1 heterocycles. The van der Waals surface area contributed by atoms with E-state index >= 15 is 0 Å². The maximum absolute atomic E-state index is 11.7. The highest BCUT2D eigenvalue weighted by molar-refractivity contribution is 5.98. The average molecular weight is 197 g/mol. The summed E-state index contributed by atoms with van der Waals surface area (Å²) in [5, 5.41) is 8.80. The standard InChI is InChI=1S/C10H15NO3/c12-9-8(10(13)14)5-6-11(9)7-3-1-2-4-7/h7-8H,1-6H2,(H,13,14). The number of rotatable bonds is 2. The zero-order valence-electron chi connectivity index (χ0n) is 8.11. The molecule has 0 aromatic heterocycles. The minimum absolute atomic E-state index is 0.163. The van der Waals surface area contributed by atoms with Crippen LogP contribution in [0.1, 0.15) is 32.1 Å². The fraction of sp³-hybridized carbons (Fsp3) is 0.800.